The molecule has 1 saturated carbocycles. The number of alkyl halides is 1. The molecular weight excluding hydrogens is 315 g/mol. The van der Waals surface area contributed by atoms with Crippen LogP contribution in [-0.4, -0.2) is 20.3 Å². The van der Waals surface area contributed by atoms with Gasteiger partial charge in [0.2, 0.25) is 10.0 Å². The van der Waals surface area contributed by atoms with Crippen LogP contribution in [0.3, 0.4) is 0 Å². The molecule has 0 bridgehead atoms. The smallest absolute Gasteiger partial charge is 0.211 e. The molecule has 8 heteroatoms. The highest BCUT2D eigenvalue weighted by Crippen LogP contribution is 2.30. The number of rotatable bonds is 4. The predicted molar refractivity (Wildman–Crippen MR) is 68.5 cm³/mol. The largest absolute Gasteiger partial charge is 0.246 e. The van der Waals surface area contributed by atoms with Crippen molar-refractivity contribution in [3.8, 4) is 0 Å². The van der Waals surface area contributed by atoms with Gasteiger partial charge in [-0.2, -0.15) is 0 Å². The van der Waals surface area contributed by atoms with E-state index in [1.807, 2.05) is 0 Å². The molecule has 1 aromatic carbocycles. The first-order chi connectivity index (χ1) is 9.31. The van der Waals surface area contributed by atoms with Crippen molar-refractivity contribution in [1.29, 1.82) is 0 Å². The second-order valence-corrected chi connectivity index (χ2v) is 7.02. The van der Waals surface area contributed by atoms with E-state index < -0.39 is 32.4 Å². The second-order valence-electron chi connectivity index (χ2n) is 4.76. The van der Waals surface area contributed by atoms with E-state index in [0.717, 1.165) is 19.3 Å². The van der Waals surface area contributed by atoms with Crippen LogP contribution in [0.25, 0.3) is 0 Å². The summed E-state index contributed by atoms with van der Waals surface area (Å²) < 4.78 is 65.6. The molecule has 2 rings (SSSR count). The van der Waals surface area contributed by atoms with E-state index in [1.165, 1.54) is 0 Å². The van der Waals surface area contributed by atoms with Gasteiger partial charge < -0.3 is 0 Å². The summed E-state index contributed by atoms with van der Waals surface area (Å²) in [4.78, 5) is -1.16. The number of nitrogens with one attached hydrogen (secondary N) is 1. The molecule has 1 aromatic rings. The van der Waals surface area contributed by atoms with E-state index in [1.54, 1.807) is 0 Å². The van der Waals surface area contributed by atoms with E-state index in [-0.39, 0.29) is 17.8 Å². The lowest BCUT2D eigenvalue weighted by atomic mass is 10.1. The molecule has 0 radical (unpaired) electrons. The van der Waals surface area contributed by atoms with Crippen LogP contribution in [0.2, 0.25) is 0 Å². The minimum atomic E-state index is -4.37. The van der Waals surface area contributed by atoms with Crippen LogP contribution < -0.4 is 4.72 Å². The van der Waals surface area contributed by atoms with Gasteiger partial charge in [-0.15, -0.1) is 11.6 Å². The Bertz CT molecular complexity index is 586. The predicted octanol–water partition coefficient (Wildman–Crippen LogP) is 2.79. The highest BCUT2D eigenvalue weighted by Gasteiger charge is 2.29. The first-order valence-corrected chi connectivity index (χ1v) is 8.01. The van der Waals surface area contributed by atoms with Crippen LogP contribution >= 0.6 is 11.6 Å². The van der Waals surface area contributed by atoms with Crippen LogP contribution in [0, 0.1) is 23.4 Å². The average molecular weight is 328 g/mol. The standard InChI is InChI=1S/C12H13ClF3NO2S/c13-9-3-1-2-7(9)6-17-20(18,19)12-10(15)4-8(14)5-11(12)16/h4-5,7,9,17H,1-3,6H2. The van der Waals surface area contributed by atoms with Gasteiger partial charge >= 0.3 is 0 Å². The number of halogens is 4. The lowest BCUT2D eigenvalue weighted by Crippen LogP contribution is -2.32. The van der Waals surface area contributed by atoms with Gasteiger partial charge in [0.05, 0.1) is 0 Å². The van der Waals surface area contributed by atoms with Gasteiger partial charge in [-0.3, -0.25) is 0 Å². The summed E-state index contributed by atoms with van der Waals surface area (Å²) in [6, 6.07) is 0.662. The first kappa shape index (κ1) is 15.6. The third-order valence-electron chi connectivity index (χ3n) is 3.33. The van der Waals surface area contributed by atoms with Crippen molar-refractivity contribution in [2.75, 3.05) is 6.54 Å². The molecule has 2 unspecified atom stereocenters. The summed E-state index contributed by atoms with van der Waals surface area (Å²) in [5, 5.41) is -0.152. The summed E-state index contributed by atoms with van der Waals surface area (Å²) >= 11 is 6.00. The molecule has 0 aromatic heterocycles. The van der Waals surface area contributed by atoms with E-state index >= 15 is 0 Å². The van der Waals surface area contributed by atoms with Crippen molar-refractivity contribution < 1.29 is 21.6 Å². The molecule has 1 fully saturated rings. The fraction of sp³-hybridized carbons (Fsp3) is 0.500. The van der Waals surface area contributed by atoms with Crippen molar-refractivity contribution in [3.63, 3.8) is 0 Å². The quantitative estimate of drug-likeness (QED) is 0.864. The molecule has 112 valence electrons. The molecule has 2 atom stereocenters. The number of hydrogen-bond donors (Lipinski definition) is 1. The molecule has 1 N–H and O–H groups in total. The zero-order valence-corrected chi connectivity index (χ0v) is 11.9. The van der Waals surface area contributed by atoms with Crippen molar-refractivity contribution >= 4 is 21.6 Å². The van der Waals surface area contributed by atoms with E-state index in [0.29, 0.717) is 12.1 Å². The summed E-state index contributed by atoms with van der Waals surface area (Å²) in [5.41, 5.74) is 0. The molecule has 0 aliphatic heterocycles. The van der Waals surface area contributed by atoms with Crippen molar-refractivity contribution in [1.82, 2.24) is 4.72 Å². The number of sulfonamides is 1. The normalized spacial score (nSPS) is 23.2. The monoisotopic (exact) mass is 327 g/mol. The van der Waals surface area contributed by atoms with Gasteiger partial charge in [0.15, 0.2) is 4.90 Å². The van der Waals surface area contributed by atoms with Gasteiger partial charge in [0.25, 0.3) is 0 Å². The molecule has 0 spiro atoms. The van der Waals surface area contributed by atoms with Crippen molar-refractivity contribution in [2.45, 2.75) is 29.5 Å². The minimum Gasteiger partial charge on any atom is -0.211 e. The van der Waals surface area contributed by atoms with Crippen LogP contribution in [0.5, 0.6) is 0 Å². The minimum absolute atomic E-state index is 0.00670. The molecule has 3 nitrogen and oxygen atoms in total. The molecule has 20 heavy (non-hydrogen) atoms. The molecule has 0 heterocycles. The van der Waals surface area contributed by atoms with Gasteiger partial charge in [-0.1, -0.05) is 6.42 Å². The Labute approximate surface area is 120 Å². The Hall–Kier alpha value is -0.790. The van der Waals surface area contributed by atoms with Crippen molar-refractivity contribution in [2.24, 2.45) is 5.92 Å². The van der Waals surface area contributed by atoms with Crippen molar-refractivity contribution in [3.05, 3.63) is 29.6 Å². The summed E-state index contributed by atoms with van der Waals surface area (Å²) in [6.07, 6.45) is 2.43. The third-order valence-corrected chi connectivity index (χ3v) is 5.38. The molecule has 0 saturated heterocycles. The zero-order valence-electron chi connectivity index (χ0n) is 10.4. The van der Waals surface area contributed by atoms with Crippen LogP contribution in [0.4, 0.5) is 13.2 Å². The fourth-order valence-corrected chi connectivity index (χ4v) is 3.87. The average Bonchev–Trinajstić information content (AvgIpc) is 2.70. The molecule has 1 aliphatic carbocycles. The third kappa shape index (κ3) is 3.27. The van der Waals surface area contributed by atoms with Crippen LogP contribution in [0.15, 0.2) is 17.0 Å². The van der Waals surface area contributed by atoms with Crippen LogP contribution in [-0.2, 0) is 10.0 Å². The fourth-order valence-electron chi connectivity index (χ4n) is 2.30. The van der Waals surface area contributed by atoms with Gasteiger partial charge in [0.1, 0.15) is 17.5 Å². The van der Waals surface area contributed by atoms with E-state index in [4.69, 9.17) is 11.6 Å². The van der Waals surface area contributed by atoms with E-state index in [9.17, 15) is 21.6 Å². The maximum atomic E-state index is 13.5. The number of hydrogen-bond acceptors (Lipinski definition) is 2. The molecular formula is C12H13ClF3NO2S. The Morgan fingerprint density at radius 1 is 1.20 bits per heavy atom. The molecule has 0 amide bonds. The molecule has 1 aliphatic rings. The summed E-state index contributed by atoms with van der Waals surface area (Å²) in [5.74, 6) is -4.15. The Kier molecular flexibility index (Phi) is 4.61. The lowest BCUT2D eigenvalue weighted by Gasteiger charge is -2.15. The zero-order chi connectivity index (χ0) is 14.9. The summed E-state index contributed by atoms with van der Waals surface area (Å²) in [7, 11) is -4.37. The number of benzene rings is 1. The first-order valence-electron chi connectivity index (χ1n) is 6.09. The van der Waals surface area contributed by atoms with Gasteiger partial charge in [0, 0.05) is 24.1 Å². The Morgan fingerprint density at radius 2 is 1.80 bits per heavy atom. The second kappa shape index (κ2) is 5.91. The topological polar surface area (TPSA) is 46.2 Å². The van der Waals surface area contributed by atoms with Gasteiger partial charge in [-0.05, 0) is 18.8 Å². The Balaban J connectivity index is 2.18. The lowest BCUT2D eigenvalue weighted by molar-refractivity contribution is 0.486. The van der Waals surface area contributed by atoms with Crippen LogP contribution in [0.1, 0.15) is 19.3 Å². The highest BCUT2D eigenvalue weighted by atomic mass is 35.5. The SMILES string of the molecule is O=S(=O)(NCC1CCCC1Cl)c1c(F)cc(F)cc1F. The maximum absolute atomic E-state index is 13.5. The highest BCUT2D eigenvalue weighted by molar-refractivity contribution is 7.89. The summed E-state index contributed by atoms with van der Waals surface area (Å²) in [6.45, 7) is 0.00670. The Morgan fingerprint density at radius 3 is 2.30 bits per heavy atom. The van der Waals surface area contributed by atoms with Gasteiger partial charge in [-0.25, -0.2) is 26.3 Å². The maximum Gasteiger partial charge on any atom is 0.246 e. The van der Waals surface area contributed by atoms with E-state index in [2.05, 4.69) is 4.72 Å².